The average molecular weight is 451 g/mol. The third-order valence-electron chi connectivity index (χ3n) is 4.70. The molecule has 0 aliphatic rings. The topological polar surface area (TPSA) is 86.6 Å². The van der Waals surface area contributed by atoms with Crippen LogP contribution >= 0.6 is 0 Å². The minimum atomic E-state index is 0.253. The normalized spacial score (nSPS) is 11.4. The molecule has 2 N–H and O–H groups in total. The number of hydrogen-bond acceptors (Lipinski definition) is 7. The highest BCUT2D eigenvalue weighted by Crippen LogP contribution is 1.99. The molecule has 188 valence electrons. The minimum Gasteiger partial charge on any atom is -0.396 e. The summed E-state index contributed by atoms with van der Waals surface area (Å²) < 4.78 is 27.9. The van der Waals surface area contributed by atoms with Crippen LogP contribution in [-0.4, -0.2) is 89.5 Å². The van der Waals surface area contributed by atoms with Crippen molar-refractivity contribution in [3.8, 4) is 0 Å². The van der Waals surface area contributed by atoms with Gasteiger partial charge in [0, 0.05) is 79.3 Å². The van der Waals surface area contributed by atoms with Crippen LogP contribution in [0.25, 0.3) is 0 Å². The Kier molecular flexibility index (Phi) is 29.5. The van der Waals surface area contributed by atoms with Gasteiger partial charge in [0.2, 0.25) is 0 Å². The van der Waals surface area contributed by atoms with Gasteiger partial charge in [-0.3, -0.25) is 0 Å². The van der Waals surface area contributed by atoms with Gasteiger partial charge in [0.05, 0.1) is 0 Å². The number of unbranched alkanes of at least 4 members (excludes halogenated alkanes) is 6. The number of aliphatic hydroxyl groups excluding tert-OH is 2. The number of aliphatic hydroxyl groups is 2. The molecule has 0 aromatic rings. The van der Waals surface area contributed by atoms with Crippen molar-refractivity contribution in [3.63, 3.8) is 0 Å². The molecular formula is C24H50O7. The predicted molar refractivity (Wildman–Crippen MR) is 124 cm³/mol. The molecule has 0 bridgehead atoms. The van der Waals surface area contributed by atoms with E-state index in [2.05, 4.69) is 0 Å². The van der Waals surface area contributed by atoms with E-state index in [1.165, 1.54) is 0 Å². The summed E-state index contributed by atoms with van der Waals surface area (Å²) in [6, 6.07) is 0. The van der Waals surface area contributed by atoms with Gasteiger partial charge in [-0.25, -0.2) is 0 Å². The van der Waals surface area contributed by atoms with Crippen LogP contribution in [0.3, 0.4) is 0 Å². The van der Waals surface area contributed by atoms with E-state index in [1.54, 1.807) is 0 Å². The van der Waals surface area contributed by atoms with Crippen molar-refractivity contribution in [2.75, 3.05) is 79.3 Å². The molecule has 7 nitrogen and oxygen atoms in total. The second kappa shape index (κ2) is 29.7. The van der Waals surface area contributed by atoms with Crippen molar-refractivity contribution in [1.29, 1.82) is 0 Å². The Labute approximate surface area is 190 Å². The van der Waals surface area contributed by atoms with E-state index >= 15 is 0 Å². The highest BCUT2D eigenvalue weighted by atomic mass is 16.5. The van der Waals surface area contributed by atoms with Crippen LogP contribution in [0.4, 0.5) is 0 Å². The monoisotopic (exact) mass is 450 g/mol. The van der Waals surface area contributed by atoms with E-state index in [0.29, 0.717) is 0 Å². The molecule has 0 heterocycles. The number of rotatable bonds is 28. The molecular weight excluding hydrogens is 400 g/mol. The second-order valence-corrected chi connectivity index (χ2v) is 7.75. The maximum absolute atomic E-state index is 8.67. The van der Waals surface area contributed by atoms with Crippen LogP contribution in [0.2, 0.25) is 0 Å². The molecule has 0 aliphatic heterocycles. The van der Waals surface area contributed by atoms with Gasteiger partial charge in [-0.05, 0) is 77.0 Å². The average Bonchev–Trinajstić information content (AvgIpc) is 2.78. The summed E-state index contributed by atoms with van der Waals surface area (Å²) in [5.41, 5.74) is 0. The van der Waals surface area contributed by atoms with Crippen LogP contribution in [0.5, 0.6) is 0 Å². The molecule has 0 rings (SSSR count). The fraction of sp³-hybridized carbons (Fsp3) is 1.00. The number of hydrogen-bond donors (Lipinski definition) is 2. The fourth-order valence-corrected chi connectivity index (χ4v) is 2.78. The second-order valence-electron chi connectivity index (χ2n) is 7.75. The molecule has 0 atom stereocenters. The highest BCUT2D eigenvalue weighted by Gasteiger charge is 1.96. The molecule has 0 amide bonds. The maximum Gasteiger partial charge on any atom is 0.0466 e. The molecule has 0 saturated carbocycles. The third kappa shape index (κ3) is 29.7. The van der Waals surface area contributed by atoms with Crippen molar-refractivity contribution in [3.05, 3.63) is 0 Å². The Hall–Kier alpha value is -0.280. The SMILES string of the molecule is OCCCCOCCCCOCCCCOCCCCOCCCCOCCCCO. The molecule has 0 spiro atoms. The summed E-state index contributed by atoms with van der Waals surface area (Å²) in [6.07, 6.45) is 11.9. The fourth-order valence-electron chi connectivity index (χ4n) is 2.78. The van der Waals surface area contributed by atoms with Gasteiger partial charge in [-0.1, -0.05) is 0 Å². The van der Waals surface area contributed by atoms with Crippen molar-refractivity contribution >= 4 is 0 Å². The quantitative estimate of drug-likeness (QED) is 0.176. The first kappa shape index (κ1) is 30.7. The summed E-state index contributed by atoms with van der Waals surface area (Å²) >= 11 is 0. The molecule has 0 aromatic carbocycles. The van der Waals surface area contributed by atoms with Crippen molar-refractivity contribution in [2.24, 2.45) is 0 Å². The van der Waals surface area contributed by atoms with Crippen LogP contribution in [0, 0.1) is 0 Å². The van der Waals surface area contributed by atoms with Crippen LogP contribution in [0.1, 0.15) is 77.0 Å². The van der Waals surface area contributed by atoms with Gasteiger partial charge in [0.1, 0.15) is 0 Å². The van der Waals surface area contributed by atoms with Crippen LogP contribution < -0.4 is 0 Å². The summed E-state index contributed by atoms with van der Waals surface area (Å²) in [5.74, 6) is 0. The largest absolute Gasteiger partial charge is 0.396 e. The Balaban J connectivity index is 2.98. The molecule has 0 aromatic heterocycles. The summed E-state index contributed by atoms with van der Waals surface area (Å²) in [6.45, 7) is 8.42. The molecule has 0 fully saturated rings. The first-order valence-corrected chi connectivity index (χ1v) is 12.5. The molecule has 31 heavy (non-hydrogen) atoms. The van der Waals surface area contributed by atoms with Gasteiger partial charge in [-0.15, -0.1) is 0 Å². The molecule has 0 aliphatic carbocycles. The predicted octanol–water partition coefficient (Wildman–Crippen LogP) is 3.74. The Morgan fingerprint density at radius 1 is 0.258 bits per heavy atom. The zero-order chi connectivity index (χ0) is 22.5. The van der Waals surface area contributed by atoms with E-state index < -0.39 is 0 Å². The van der Waals surface area contributed by atoms with E-state index in [9.17, 15) is 0 Å². The van der Waals surface area contributed by atoms with Crippen LogP contribution in [0.15, 0.2) is 0 Å². The van der Waals surface area contributed by atoms with Gasteiger partial charge in [-0.2, -0.15) is 0 Å². The zero-order valence-corrected chi connectivity index (χ0v) is 19.9. The lowest BCUT2D eigenvalue weighted by Crippen LogP contribution is -2.04. The number of ether oxygens (including phenoxy) is 5. The van der Waals surface area contributed by atoms with Crippen molar-refractivity contribution < 1.29 is 33.9 Å². The van der Waals surface area contributed by atoms with Gasteiger partial charge >= 0.3 is 0 Å². The minimum absolute atomic E-state index is 0.253. The van der Waals surface area contributed by atoms with Gasteiger partial charge in [0.25, 0.3) is 0 Å². The lowest BCUT2D eigenvalue weighted by atomic mass is 10.3. The lowest BCUT2D eigenvalue weighted by molar-refractivity contribution is 0.0809. The van der Waals surface area contributed by atoms with Crippen LogP contribution in [-0.2, 0) is 23.7 Å². The Bertz CT molecular complexity index is 278. The maximum atomic E-state index is 8.67. The van der Waals surface area contributed by atoms with Gasteiger partial charge < -0.3 is 33.9 Å². The van der Waals surface area contributed by atoms with E-state index in [1.807, 2.05) is 0 Å². The lowest BCUT2D eigenvalue weighted by Gasteiger charge is -2.07. The van der Waals surface area contributed by atoms with Crippen molar-refractivity contribution in [1.82, 2.24) is 0 Å². The Morgan fingerprint density at radius 2 is 0.419 bits per heavy atom. The zero-order valence-electron chi connectivity index (χ0n) is 19.9. The molecule has 7 heteroatoms. The molecule has 0 radical (unpaired) electrons. The highest BCUT2D eigenvalue weighted by molar-refractivity contribution is 4.44. The third-order valence-corrected chi connectivity index (χ3v) is 4.70. The summed E-state index contributed by atoms with van der Waals surface area (Å²) in [7, 11) is 0. The standard InChI is InChI=1S/C24H50O7/c25-13-1-3-15-27-17-5-7-19-29-21-9-11-23-31-24-12-10-22-30-20-8-6-18-28-16-4-2-14-26/h25-26H,1-24H2. The Morgan fingerprint density at radius 3 is 0.581 bits per heavy atom. The first-order valence-electron chi connectivity index (χ1n) is 12.5. The van der Waals surface area contributed by atoms with Gasteiger partial charge in [0.15, 0.2) is 0 Å². The molecule has 0 saturated heterocycles. The summed E-state index contributed by atoms with van der Waals surface area (Å²) in [4.78, 5) is 0. The summed E-state index contributed by atoms with van der Waals surface area (Å²) in [5, 5.41) is 17.3. The first-order chi connectivity index (χ1) is 15.4. The molecule has 0 unspecified atom stereocenters. The van der Waals surface area contributed by atoms with E-state index in [4.69, 9.17) is 33.9 Å². The smallest absolute Gasteiger partial charge is 0.0466 e. The van der Waals surface area contributed by atoms with E-state index in [0.717, 1.165) is 143 Å². The van der Waals surface area contributed by atoms with Crippen molar-refractivity contribution in [2.45, 2.75) is 77.0 Å². The van der Waals surface area contributed by atoms with E-state index in [-0.39, 0.29) is 13.2 Å².